The van der Waals surface area contributed by atoms with Crippen molar-refractivity contribution in [3.63, 3.8) is 0 Å². The molecule has 0 N–H and O–H groups in total. The van der Waals surface area contributed by atoms with Gasteiger partial charge in [0.15, 0.2) is 0 Å². The predicted octanol–water partition coefficient (Wildman–Crippen LogP) is 6.84. The van der Waals surface area contributed by atoms with Crippen molar-refractivity contribution in [2.24, 2.45) is 0 Å². The summed E-state index contributed by atoms with van der Waals surface area (Å²) >= 11 is 0. The molecule has 0 aromatic rings. The van der Waals surface area contributed by atoms with Gasteiger partial charge >= 0.3 is 33.4 Å². The molecular formula is C24H39F9O7S. The summed E-state index contributed by atoms with van der Waals surface area (Å²) < 4.78 is 171. The Hall–Kier alpha value is -0.880. The van der Waals surface area contributed by atoms with Gasteiger partial charge in [-0.05, 0) is 19.3 Å². The van der Waals surface area contributed by atoms with Gasteiger partial charge < -0.3 is 18.9 Å². The first-order valence-corrected chi connectivity index (χ1v) is 14.9. The molecule has 0 amide bonds. The number of ether oxygens (including phenoxy) is 4. The monoisotopic (exact) mass is 642 g/mol. The predicted molar refractivity (Wildman–Crippen MR) is 128 cm³/mol. The third-order valence-corrected chi connectivity index (χ3v) is 7.54. The summed E-state index contributed by atoms with van der Waals surface area (Å²) in [5, 5.41) is -7.03. The quantitative estimate of drug-likeness (QED) is 0.0771. The summed E-state index contributed by atoms with van der Waals surface area (Å²) in [5.74, 6) is -14.9. The Morgan fingerprint density at radius 3 is 1.59 bits per heavy atom. The molecule has 1 aliphatic rings. The van der Waals surface area contributed by atoms with Crippen LogP contribution in [0.15, 0.2) is 0 Å². The lowest BCUT2D eigenvalue weighted by Gasteiger charge is -2.33. The molecule has 0 bridgehead atoms. The largest absolute Gasteiger partial charge is 0.460 e. The second-order valence-corrected chi connectivity index (χ2v) is 11.2. The fourth-order valence-electron chi connectivity index (χ4n) is 3.78. The van der Waals surface area contributed by atoms with Crippen molar-refractivity contribution in [1.29, 1.82) is 0 Å². The van der Waals surface area contributed by atoms with Crippen LogP contribution in [0, 0.1) is 0 Å². The van der Waals surface area contributed by atoms with Crippen LogP contribution in [0.5, 0.6) is 0 Å². The van der Waals surface area contributed by atoms with E-state index in [0.717, 1.165) is 32.1 Å². The Balaban J connectivity index is 3.31. The van der Waals surface area contributed by atoms with Gasteiger partial charge in [-0.2, -0.15) is 47.9 Å². The summed E-state index contributed by atoms with van der Waals surface area (Å²) in [6, 6.07) is 0. The van der Waals surface area contributed by atoms with Gasteiger partial charge in [0.05, 0.1) is 6.61 Å². The molecule has 0 aromatic carbocycles. The van der Waals surface area contributed by atoms with E-state index >= 15 is 0 Å². The minimum atomic E-state index is -7.44. The summed E-state index contributed by atoms with van der Waals surface area (Å²) in [6.07, 6.45) is -7.71. The fourth-order valence-corrected chi connectivity index (χ4v) is 4.75. The Morgan fingerprint density at radius 1 is 0.659 bits per heavy atom. The van der Waals surface area contributed by atoms with Gasteiger partial charge in [-0.15, -0.1) is 0 Å². The second kappa shape index (κ2) is 16.3. The highest BCUT2D eigenvalue weighted by Gasteiger charge is 2.86. The Labute approximate surface area is 234 Å². The van der Waals surface area contributed by atoms with Crippen molar-refractivity contribution >= 4 is 10.1 Å². The number of alkyl halides is 9. The van der Waals surface area contributed by atoms with Crippen LogP contribution in [0.1, 0.15) is 78.6 Å². The molecule has 1 fully saturated rings. The van der Waals surface area contributed by atoms with E-state index in [1.807, 2.05) is 20.8 Å². The maximum absolute atomic E-state index is 14.3. The molecule has 0 radical (unpaired) electrons. The lowest BCUT2D eigenvalue weighted by Crippen LogP contribution is -2.63. The molecule has 0 spiro atoms. The highest BCUT2D eigenvalue weighted by Crippen LogP contribution is 2.55. The molecular weight excluding hydrogens is 603 g/mol. The van der Waals surface area contributed by atoms with Crippen molar-refractivity contribution < 1.29 is 71.1 Å². The zero-order valence-electron chi connectivity index (χ0n) is 23.2. The number of unbranched alkanes of at least 4 members (excludes halogenated alkanes) is 6. The molecule has 0 aliphatic carbocycles. The maximum Gasteiger partial charge on any atom is 0.460 e. The average Bonchev–Trinajstić information content (AvgIpc) is 3.18. The minimum absolute atomic E-state index is 0.0640. The van der Waals surface area contributed by atoms with Crippen LogP contribution in [-0.2, 0) is 33.2 Å². The summed E-state index contributed by atoms with van der Waals surface area (Å²) in [6.45, 7) is 5.56. The molecule has 0 aromatic heterocycles. The summed E-state index contributed by atoms with van der Waals surface area (Å²) in [5.41, 5.74) is 0. The first-order valence-electron chi connectivity index (χ1n) is 13.5. The number of rotatable bonds is 21. The van der Waals surface area contributed by atoms with Crippen molar-refractivity contribution in [2.75, 3.05) is 26.4 Å². The lowest BCUT2D eigenvalue weighted by molar-refractivity contribution is -0.383. The molecule has 7 nitrogen and oxygen atoms in total. The third kappa shape index (κ3) is 9.55. The third-order valence-electron chi connectivity index (χ3n) is 6.21. The normalized spacial score (nSPS) is 22.9. The van der Waals surface area contributed by atoms with Crippen LogP contribution in [0.2, 0.25) is 0 Å². The van der Waals surface area contributed by atoms with Crippen LogP contribution in [0.4, 0.5) is 39.5 Å². The average molecular weight is 643 g/mol. The zero-order chi connectivity index (χ0) is 31.5. The van der Waals surface area contributed by atoms with E-state index in [-0.39, 0.29) is 26.4 Å². The van der Waals surface area contributed by atoms with E-state index in [2.05, 4.69) is 4.18 Å². The lowest BCUT2D eigenvalue weighted by atomic mass is 10.1. The highest BCUT2D eigenvalue weighted by atomic mass is 32.2. The van der Waals surface area contributed by atoms with Crippen LogP contribution in [-0.4, -0.2) is 82.7 Å². The first kappa shape index (κ1) is 38.1. The van der Waals surface area contributed by atoms with Crippen LogP contribution in [0.3, 0.4) is 0 Å². The van der Waals surface area contributed by atoms with E-state index in [0.29, 0.717) is 25.7 Å². The molecule has 246 valence electrons. The van der Waals surface area contributed by atoms with Crippen LogP contribution in [0.25, 0.3) is 0 Å². The highest BCUT2D eigenvalue weighted by molar-refractivity contribution is 7.87. The second-order valence-electron chi connectivity index (χ2n) is 9.62. The topological polar surface area (TPSA) is 80.3 Å². The van der Waals surface area contributed by atoms with Crippen molar-refractivity contribution in [1.82, 2.24) is 0 Å². The van der Waals surface area contributed by atoms with Gasteiger partial charge in [-0.25, -0.2) is 4.18 Å². The summed E-state index contributed by atoms with van der Waals surface area (Å²) in [7, 11) is -7.19. The van der Waals surface area contributed by atoms with Crippen molar-refractivity contribution in [2.45, 2.75) is 126 Å². The van der Waals surface area contributed by atoms with Gasteiger partial charge in [0.2, 0.25) is 6.29 Å². The van der Waals surface area contributed by atoms with E-state index in [1.165, 1.54) is 0 Å². The number of halogens is 9. The first-order chi connectivity index (χ1) is 18.9. The molecule has 1 rings (SSSR count). The molecule has 0 unspecified atom stereocenters. The Kier molecular flexibility index (Phi) is 15.1. The molecule has 1 heterocycles. The Morgan fingerprint density at radius 2 is 1.12 bits per heavy atom. The molecule has 41 heavy (non-hydrogen) atoms. The smallest absolute Gasteiger partial charge is 0.379 e. The van der Waals surface area contributed by atoms with E-state index in [1.54, 1.807) is 0 Å². The summed E-state index contributed by atoms with van der Waals surface area (Å²) in [4.78, 5) is 0. The molecule has 0 saturated carbocycles. The van der Waals surface area contributed by atoms with E-state index in [4.69, 9.17) is 18.9 Å². The van der Waals surface area contributed by atoms with Gasteiger partial charge in [-0.1, -0.05) is 59.3 Å². The molecule has 17 heteroatoms. The van der Waals surface area contributed by atoms with Crippen molar-refractivity contribution in [3.05, 3.63) is 0 Å². The Bertz CT molecular complexity index is 857. The maximum atomic E-state index is 14.3. The van der Waals surface area contributed by atoms with Gasteiger partial charge in [0.1, 0.15) is 18.3 Å². The minimum Gasteiger partial charge on any atom is -0.379 e. The van der Waals surface area contributed by atoms with Gasteiger partial charge in [-0.3, -0.25) is 0 Å². The van der Waals surface area contributed by atoms with E-state index in [9.17, 15) is 47.9 Å². The standard InChI is InChI=1S/C24H39F9O7S/c1-4-7-10-13-36-16-17-18(37-14-11-8-5-2)19(38-15-12-9-6-3)20(39-17)40-41(34,35)24(32,33)22(27,28)21(25,26)23(29,30)31/h17-20H,4-16H2,1-3H3/t17-,18-,19-,20+/m1/s1. The van der Waals surface area contributed by atoms with Crippen LogP contribution >= 0.6 is 0 Å². The SMILES string of the molecule is CCCCCOC[C@H]1O[C@@H](OS(=O)(=O)C(F)(F)C(F)(F)C(F)(F)C(F)(F)F)[C@H](OCCCCC)[C@@H]1OCCCCC. The molecule has 1 aliphatic heterocycles. The zero-order valence-corrected chi connectivity index (χ0v) is 24.0. The van der Waals surface area contributed by atoms with Gasteiger partial charge in [0, 0.05) is 19.8 Å². The van der Waals surface area contributed by atoms with Gasteiger partial charge in [0.25, 0.3) is 0 Å². The fraction of sp³-hybridized carbons (Fsp3) is 1.00. The molecule has 4 atom stereocenters. The van der Waals surface area contributed by atoms with E-state index < -0.39 is 58.0 Å². The van der Waals surface area contributed by atoms with Crippen LogP contribution < -0.4 is 0 Å². The number of hydrogen-bond acceptors (Lipinski definition) is 7. The number of hydrogen-bond donors (Lipinski definition) is 0. The molecule has 1 saturated heterocycles. The van der Waals surface area contributed by atoms with Crippen molar-refractivity contribution in [3.8, 4) is 0 Å².